The third-order valence-electron chi connectivity index (χ3n) is 3.44. The second-order valence-electron chi connectivity index (χ2n) is 4.83. The summed E-state index contributed by atoms with van der Waals surface area (Å²) in [6.07, 6.45) is 5.52. The third kappa shape index (κ3) is 2.77. The highest BCUT2D eigenvalue weighted by Gasteiger charge is 2.24. The number of aromatic nitrogens is 2. The highest BCUT2D eigenvalue weighted by atomic mass is 16.2. The van der Waals surface area contributed by atoms with E-state index in [4.69, 9.17) is 0 Å². The van der Waals surface area contributed by atoms with Crippen molar-refractivity contribution in [3.05, 3.63) is 54.6 Å². The van der Waals surface area contributed by atoms with Crippen LogP contribution in [0.15, 0.2) is 48.9 Å². The first-order valence-corrected chi connectivity index (χ1v) is 6.70. The maximum absolute atomic E-state index is 12.0. The highest BCUT2D eigenvalue weighted by molar-refractivity contribution is 5.92. The van der Waals surface area contributed by atoms with Crippen LogP contribution in [0, 0.1) is 0 Å². The fourth-order valence-corrected chi connectivity index (χ4v) is 2.43. The minimum Gasteiger partial charge on any atom is -0.369 e. The predicted octanol–water partition coefficient (Wildman–Crippen LogP) is 1.49. The van der Waals surface area contributed by atoms with Gasteiger partial charge in [-0.3, -0.25) is 9.78 Å². The van der Waals surface area contributed by atoms with Crippen LogP contribution in [0.2, 0.25) is 0 Å². The molecule has 1 aliphatic heterocycles. The van der Waals surface area contributed by atoms with Crippen molar-refractivity contribution < 1.29 is 4.79 Å². The molecule has 1 aliphatic rings. The molecule has 20 heavy (non-hydrogen) atoms. The van der Waals surface area contributed by atoms with Gasteiger partial charge in [0.2, 0.25) is 0 Å². The van der Waals surface area contributed by atoms with Crippen molar-refractivity contribution in [2.24, 2.45) is 0 Å². The Balaban J connectivity index is 1.60. The van der Waals surface area contributed by atoms with E-state index >= 15 is 0 Å². The molecule has 1 unspecified atom stereocenters. The van der Waals surface area contributed by atoms with Gasteiger partial charge < -0.3 is 10.2 Å². The second kappa shape index (κ2) is 5.69. The molecule has 2 aromatic rings. The summed E-state index contributed by atoms with van der Waals surface area (Å²) in [5.41, 5.74) is 1.56. The van der Waals surface area contributed by atoms with Gasteiger partial charge in [-0.05, 0) is 18.6 Å². The summed E-state index contributed by atoms with van der Waals surface area (Å²) in [6, 6.07) is 10.4. The van der Waals surface area contributed by atoms with Gasteiger partial charge in [-0.2, -0.15) is 0 Å². The van der Waals surface area contributed by atoms with Crippen LogP contribution >= 0.6 is 0 Å². The van der Waals surface area contributed by atoms with Crippen LogP contribution in [0.25, 0.3) is 0 Å². The average molecular weight is 268 g/mol. The molecule has 1 atom stereocenters. The highest BCUT2D eigenvalue weighted by Crippen LogP contribution is 2.19. The minimum atomic E-state index is -0.155. The van der Waals surface area contributed by atoms with E-state index in [2.05, 4.69) is 32.3 Å². The van der Waals surface area contributed by atoms with Crippen LogP contribution in [0.1, 0.15) is 16.9 Å². The Bertz CT molecular complexity index is 573. The van der Waals surface area contributed by atoms with E-state index in [1.54, 1.807) is 6.20 Å². The molecule has 2 heterocycles. The van der Waals surface area contributed by atoms with Gasteiger partial charge in [0.25, 0.3) is 5.91 Å². The Morgan fingerprint density at radius 1 is 1.25 bits per heavy atom. The van der Waals surface area contributed by atoms with Gasteiger partial charge in [-0.25, -0.2) is 4.98 Å². The lowest BCUT2D eigenvalue weighted by molar-refractivity contribution is 0.0935. The van der Waals surface area contributed by atoms with Crippen LogP contribution in [-0.4, -0.2) is 35.0 Å². The molecule has 5 nitrogen and oxygen atoms in total. The largest absolute Gasteiger partial charge is 0.369 e. The molecule has 3 rings (SSSR count). The molecular weight excluding hydrogens is 252 g/mol. The summed E-state index contributed by atoms with van der Waals surface area (Å²) in [6.45, 7) is 1.78. The normalized spacial score (nSPS) is 18.0. The zero-order valence-corrected chi connectivity index (χ0v) is 11.1. The molecule has 102 valence electrons. The van der Waals surface area contributed by atoms with Crippen LogP contribution < -0.4 is 10.2 Å². The zero-order chi connectivity index (χ0) is 13.8. The van der Waals surface area contributed by atoms with Gasteiger partial charge in [0, 0.05) is 37.2 Å². The molecule has 0 bridgehead atoms. The van der Waals surface area contributed by atoms with E-state index in [0.29, 0.717) is 5.69 Å². The molecule has 0 spiro atoms. The van der Waals surface area contributed by atoms with Gasteiger partial charge >= 0.3 is 0 Å². The van der Waals surface area contributed by atoms with E-state index in [1.165, 1.54) is 18.1 Å². The quantitative estimate of drug-likeness (QED) is 0.916. The van der Waals surface area contributed by atoms with E-state index in [9.17, 15) is 4.79 Å². The van der Waals surface area contributed by atoms with Gasteiger partial charge in [-0.1, -0.05) is 18.2 Å². The van der Waals surface area contributed by atoms with Crippen molar-refractivity contribution in [1.29, 1.82) is 0 Å². The maximum Gasteiger partial charge on any atom is 0.271 e. The first kappa shape index (κ1) is 12.6. The average Bonchev–Trinajstić information content (AvgIpc) is 2.97. The number of carbonyl (C=O) groups is 1. The molecule has 1 N–H and O–H groups in total. The molecule has 1 amide bonds. The SMILES string of the molecule is O=C(NC1CCN(c2ccccc2)C1)c1cnccn1. The van der Waals surface area contributed by atoms with Crippen molar-refractivity contribution in [1.82, 2.24) is 15.3 Å². The lowest BCUT2D eigenvalue weighted by atomic mass is 10.2. The lowest BCUT2D eigenvalue weighted by Crippen LogP contribution is -2.37. The van der Waals surface area contributed by atoms with Crippen LogP contribution in [-0.2, 0) is 0 Å². The first-order chi connectivity index (χ1) is 9.83. The molecule has 5 heteroatoms. The van der Waals surface area contributed by atoms with Gasteiger partial charge in [0.05, 0.1) is 6.20 Å². The lowest BCUT2D eigenvalue weighted by Gasteiger charge is -2.18. The molecule has 1 saturated heterocycles. The van der Waals surface area contributed by atoms with Crippen molar-refractivity contribution in [2.75, 3.05) is 18.0 Å². The number of amides is 1. The third-order valence-corrected chi connectivity index (χ3v) is 3.44. The monoisotopic (exact) mass is 268 g/mol. The summed E-state index contributed by atoms with van der Waals surface area (Å²) in [5, 5.41) is 3.01. The summed E-state index contributed by atoms with van der Waals surface area (Å²) in [5.74, 6) is -0.155. The Labute approximate surface area is 117 Å². The van der Waals surface area contributed by atoms with Crippen molar-refractivity contribution in [3.63, 3.8) is 0 Å². The standard InChI is InChI=1S/C15H16N4O/c20-15(14-10-16-7-8-17-14)18-12-6-9-19(11-12)13-4-2-1-3-5-13/h1-5,7-8,10,12H,6,9,11H2,(H,18,20). The number of rotatable bonds is 3. The number of anilines is 1. The van der Waals surface area contributed by atoms with E-state index in [0.717, 1.165) is 19.5 Å². The number of benzene rings is 1. The summed E-state index contributed by atoms with van der Waals surface area (Å²) in [7, 11) is 0. The molecule has 0 saturated carbocycles. The predicted molar refractivity (Wildman–Crippen MR) is 76.6 cm³/mol. The summed E-state index contributed by atoms with van der Waals surface area (Å²) in [4.78, 5) is 22.2. The van der Waals surface area contributed by atoms with Gasteiger partial charge in [0.1, 0.15) is 5.69 Å². The topological polar surface area (TPSA) is 58.1 Å². The number of nitrogens with zero attached hydrogens (tertiary/aromatic N) is 3. The van der Waals surface area contributed by atoms with Gasteiger partial charge in [-0.15, -0.1) is 0 Å². The Morgan fingerprint density at radius 2 is 2.10 bits per heavy atom. The number of hydrogen-bond acceptors (Lipinski definition) is 4. The first-order valence-electron chi connectivity index (χ1n) is 6.70. The van der Waals surface area contributed by atoms with Crippen molar-refractivity contribution in [2.45, 2.75) is 12.5 Å². The molecule has 1 fully saturated rings. The molecule has 1 aromatic heterocycles. The number of para-hydroxylation sites is 1. The van der Waals surface area contributed by atoms with Crippen molar-refractivity contribution >= 4 is 11.6 Å². The van der Waals surface area contributed by atoms with Crippen LogP contribution in [0.4, 0.5) is 5.69 Å². The Morgan fingerprint density at radius 3 is 2.85 bits per heavy atom. The second-order valence-corrected chi connectivity index (χ2v) is 4.83. The molecular formula is C15H16N4O. The van der Waals surface area contributed by atoms with E-state index < -0.39 is 0 Å². The summed E-state index contributed by atoms with van der Waals surface area (Å²) >= 11 is 0. The Kier molecular flexibility index (Phi) is 3.58. The summed E-state index contributed by atoms with van der Waals surface area (Å²) < 4.78 is 0. The number of nitrogens with one attached hydrogen (secondary N) is 1. The number of hydrogen-bond donors (Lipinski definition) is 1. The number of carbonyl (C=O) groups excluding carboxylic acids is 1. The Hall–Kier alpha value is -2.43. The minimum absolute atomic E-state index is 0.155. The smallest absolute Gasteiger partial charge is 0.271 e. The molecule has 0 radical (unpaired) electrons. The van der Waals surface area contributed by atoms with E-state index in [-0.39, 0.29) is 11.9 Å². The maximum atomic E-state index is 12.0. The fraction of sp³-hybridized carbons (Fsp3) is 0.267. The van der Waals surface area contributed by atoms with E-state index in [1.807, 2.05) is 18.2 Å². The zero-order valence-electron chi connectivity index (χ0n) is 11.1. The van der Waals surface area contributed by atoms with Crippen molar-refractivity contribution in [3.8, 4) is 0 Å². The van der Waals surface area contributed by atoms with Crippen LogP contribution in [0.5, 0.6) is 0 Å². The molecule has 0 aliphatic carbocycles. The fourth-order valence-electron chi connectivity index (χ4n) is 2.43. The van der Waals surface area contributed by atoms with Gasteiger partial charge in [0.15, 0.2) is 0 Å². The molecule has 1 aromatic carbocycles. The van der Waals surface area contributed by atoms with Crippen LogP contribution in [0.3, 0.4) is 0 Å².